The molecule has 0 aliphatic carbocycles. The Morgan fingerprint density at radius 3 is 2.52 bits per heavy atom. The monoisotopic (exact) mass is 390 g/mol. The zero-order valence-corrected chi connectivity index (χ0v) is 14.7. The van der Waals surface area contributed by atoms with E-state index < -0.39 is 17.5 Å². The molecule has 0 fully saturated rings. The lowest BCUT2D eigenvalue weighted by Crippen LogP contribution is -2.15. The van der Waals surface area contributed by atoms with E-state index >= 15 is 0 Å². The van der Waals surface area contributed by atoms with Crippen LogP contribution in [0.5, 0.6) is 5.75 Å². The van der Waals surface area contributed by atoms with Gasteiger partial charge in [-0.1, -0.05) is 11.6 Å². The van der Waals surface area contributed by atoms with Crippen LogP contribution in [0.4, 0.5) is 26.0 Å². The highest BCUT2D eigenvalue weighted by Gasteiger charge is 2.12. The first-order valence-electron chi connectivity index (χ1n) is 7.67. The van der Waals surface area contributed by atoms with Gasteiger partial charge in [0.1, 0.15) is 17.4 Å². The molecule has 0 spiro atoms. The zero-order chi connectivity index (χ0) is 19.4. The molecule has 0 saturated carbocycles. The predicted molar refractivity (Wildman–Crippen MR) is 97.6 cm³/mol. The lowest BCUT2D eigenvalue weighted by atomic mass is 10.2. The van der Waals surface area contributed by atoms with E-state index in [2.05, 4.69) is 20.8 Å². The van der Waals surface area contributed by atoms with Crippen LogP contribution in [0, 0.1) is 11.6 Å². The molecule has 27 heavy (non-hydrogen) atoms. The summed E-state index contributed by atoms with van der Waals surface area (Å²) in [6.07, 6.45) is 0. The Hall–Kier alpha value is -3.26. The van der Waals surface area contributed by atoms with Crippen LogP contribution >= 0.6 is 11.6 Å². The van der Waals surface area contributed by atoms with Crippen LogP contribution in [0.15, 0.2) is 48.5 Å². The largest absolute Gasteiger partial charge is 0.495 e. The molecule has 0 aliphatic rings. The van der Waals surface area contributed by atoms with Crippen molar-refractivity contribution in [2.24, 2.45) is 0 Å². The quantitative estimate of drug-likeness (QED) is 0.674. The molecule has 6 nitrogen and oxygen atoms in total. The van der Waals surface area contributed by atoms with Gasteiger partial charge in [0.15, 0.2) is 11.5 Å². The number of nitrogens with zero attached hydrogens (tertiary/aromatic N) is 2. The van der Waals surface area contributed by atoms with E-state index in [1.54, 1.807) is 18.2 Å². The maximum atomic E-state index is 13.6. The molecule has 0 saturated heterocycles. The topological polar surface area (TPSA) is 76.1 Å². The SMILES string of the molecule is COc1ccc(Nc2ccc(C(=O)Nc3ccc(F)cc3F)nn2)cc1Cl. The maximum Gasteiger partial charge on any atom is 0.276 e. The van der Waals surface area contributed by atoms with Crippen LogP contribution in [0.3, 0.4) is 0 Å². The van der Waals surface area contributed by atoms with Crippen molar-refractivity contribution in [3.05, 3.63) is 70.9 Å². The Bertz CT molecular complexity index is 984. The minimum Gasteiger partial charge on any atom is -0.495 e. The number of anilines is 3. The second-order valence-electron chi connectivity index (χ2n) is 5.36. The van der Waals surface area contributed by atoms with Crippen LogP contribution in [0.2, 0.25) is 5.02 Å². The van der Waals surface area contributed by atoms with Gasteiger partial charge in [0.25, 0.3) is 5.91 Å². The lowest BCUT2D eigenvalue weighted by Gasteiger charge is -2.09. The summed E-state index contributed by atoms with van der Waals surface area (Å²) in [4.78, 5) is 12.1. The van der Waals surface area contributed by atoms with Gasteiger partial charge >= 0.3 is 0 Å². The number of aromatic nitrogens is 2. The van der Waals surface area contributed by atoms with E-state index in [9.17, 15) is 13.6 Å². The molecule has 1 aromatic heterocycles. The lowest BCUT2D eigenvalue weighted by molar-refractivity contribution is 0.102. The summed E-state index contributed by atoms with van der Waals surface area (Å²) in [7, 11) is 1.52. The van der Waals surface area contributed by atoms with Gasteiger partial charge in [-0.2, -0.15) is 0 Å². The van der Waals surface area contributed by atoms with Gasteiger partial charge in [0, 0.05) is 11.8 Å². The van der Waals surface area contributed by atoms with E-state index in [1.807, 2.05) is 0 Å². The fourth-order valence-electron chi connectivity index (χ4n) is 2.19. The first kappa shape index (κ1) is 18.5. The third-order valence-electron chi connectivity index (χ3n) is 3.50. The Labute approximate surface area is 158 Å². The molecule has 1 amide bonds. The van der Waals surface area contributed by atoms with E-state index in [0.29, 0.717) is 28.3 Å². The maximum absolute atomic E-state index is 13.6. The minimum absolute atomic E-state index is 0.0305. The highest BCUT2D eigenvalue weighted by molar-refractivity contribution is 6.32. The number of ether oxygens (including phenoxy) is 1. The minimum atomic E-state index is -0.883. The summed E-state index contributed by atoms with van der Waals surface area (Å²) in [6, 6.07) is 10.9. The molecule has 3 aromatic rings. The predicted octanol–water partition coefficient (Wildman–Crippen LogP) is 4.41. The summed E-state index contributed by atoms with van der Waals surface area (Å²) in [5.74, 6) is -1.38. The standard InChI is InChI=1S/C18H13ClF2N4O2/c1-27-16-6-3-11(9-12(16)19)22-17-7-5-15(24-25-17)18(26)23-14-4-2-10(20)8-13(14)21/h2-9H,1H3,(H,22,25)(H,23,26). The van der Waals surface area contributed by atoms with Crippen molar-refractivity contribution in [2.75, 3.05) is 17.7 Å². The van der Waals surface area contributed by atoms with Crippen LogP contribution in [0.25, 0.3) is 0 Å². The second kappa shape index (κ2) is 7.96. The Balaban J connectivity index is 1.69. The van der Waals surface area contributed by atoms with E-state index in [-0.39, 0.29) is 11.4 Å². The third-order valence-corrected chi connectivity index (χ3v) is 3.80. The molecule has 0 atom stereocenters. The van der Waals surface area contributed by atoms with Crippen molar-refractivity contribution >= 4 is 34.7 Å². The van der Waals surface area contributed by atoms with Gasteiger partial charge in [-0.25, -0.2) is 8.78 Å². The van der Waals surface area contributed by atoms with Gasteiger partial charge in [-0.05, 0) is 42.5 Å². The molecule has 0 unspecified atom stereocenters. The number of carbonyl (C=O) groups is 1. The number of halogens is 3. The average Bonchev–Trinajstić information content (AvgIpc) is 2.65. The normalized spacial score (nSPS) is 10.4. The van der Waals surface area contributed by atoms with Gasteiger partial charge < -0.3 is 15.4 Å². The van der Waals surface area contributed by atoms with Crippen LogP contribution in [-0.4, -0.2) is 23.2 Å². The molecular weight excluding hydrogens is 378 g/mol. The van der Waals surface area contributed by atoms with Gasteiger partial charge in [0.05, 0.1) is 17.8 Å². The first-order valence-corrected chi connectivity index (χ1v) is 8.05. The number of carbonyl (C=O) groups excluding carboxylic acids is 1. The summed E-state index contributed by atoms with van der Waals surface area (Å²) >= 11 is 6.05. The van der Waals surface area contributed by atoms with E-state index in [4.69, 9.17) is 16.3 Å². The highest BCUT2D eigenvalue weighted by Crippen LogP contribution is 2.28. The van der Waals surface area contributed by atoms with Crippen LogP contribution < -0.4 is 15.4 Å². The molecule has 138 valence electrons. The number of methoxy groups -OCH3 is 1. The molecule has 2 N–H and O–H groups in total. The fourth-order valence-corrected chi connectivity index (χ4v) is 2.45. The summed E-state index contributed by atoms with van der Waals surface area (Å²) in [6.45, 7) is 0. The van der Waals surface area contributed by atoms with Gasteiger partial charge in [0.2, 0.25) is 0 Å². The van der Waals surface area contributed by atoms with Crippen molar-refractivity contribution in [3.63, 3.8) is 0 Å². The van der Waals surface area contributed by atoms with Crippen molar-refractivity contribution in [1.82, 2.24) is 10.2 Å². The van der Waals surface area contributed by atoms with Crippen molar-refractivity contribution in [3.8, 4) is 5.75 Å². The van der Waals surface area contributed by atoms with Crippen molar-refractivity contribution in [2.45, 2.75) is 0 Å². The number of amides is 1. The average molecular weight is 391 g/mol. The molecule has 0 bridgehead atoms. The fraction of sp³-hybridized carbons (Fsp3) is 0.0556. The molecule has 9 heteroatoms. The van der Waals surface area contributed by atoms with Crippen molar-refractivity contribution in [1.29, 1.82) is 0 Å². The zero-order valence-electron chi connectivity index (χ0n) is 14.0. The Morgan fingerprint density at radius 1 is 1.07 bits per heavy atom. The molecule has 2 aromatic carbocycles. The summed E-state index contributed by atoms with van der Waals surface area (Å²) < 4.78 is 31.6. The van der Waals surface area contributed by atoms with E-state index in [0.717, 1.165) is 12.1 Å². The molecular formula is C18H13ClF2N4O2. The number of rotatable bonds is 5. The highest BCUT2D eigenvalue weighted by atomic mass is 35.5. The first-order chi connectivity index (χ1) is 13.0. The van der Waals surface area contributed by atoms with Crippen LogP contribution in [-0.2, 0) is 0 Å². The summed E-state index contributed by atoms with van der Waals surface area (Å²) in [5.41, 5.74) is 0.469. The number of benzene rings is 2. The molecule has 1 heterocycles. The van der Waals surface area contributed by atoms with Gasteiger partial charge in [-0.15, -0.1) is 10.2 Å². The number of hydrogen-bond acceptors (Lipinski definition) is 5. The number of nitrogens with one attached hydrogen (secondary N) is 2. The molecule has 0 radical (unpaired) electrons. The smallest absolute Gasteiger partial charge is 0.276 e. The third kappa shape index (κ3) is 4.48. The Morgan fingerprint density at radius 2 is 1.89 bits per heavy atom. The molecule has 0 aliphatic heterocycles. The number of hydrogen-bond donors (Lipinski definition) is 2. The van der Waals surface area contributed by atoms with E-state index in [1.165, 1.54) is 19.2 Å². The molecule has 3 rings (SSSR count). The second-order valence-corrected chi connectivity index (χ2v) is 5.76. The van der Waals surface area contributed by atoms with Gasteiger partial charge in [-0.3, -0.25) is 4.79 Å². The Kier molecular flexibility index (Phi) is 5.46. The summed E-state index contributed by atoms with van der Waals surface area (Å²) in [5, 5.41) is 13.4. The van der Waals surface area contributed by atoms with Crippen LogP contribution in [0.1, 0.15) is 10.5 Å². The van der Waals surface area contributed by atoms with Crippen molar-refractivity contribution < 1.29 is 18.3 Å².